The van der Waals surface area contributed by atoms with Gasteiger partial charge in [0.1, 0.15) is 10.8 Å². The number of ether oxygens (including phenoxy) is 1. The van der Waals surface area contributed by atoms with Crippen LogP contribution in [0.4, 0.5) is 23.1 Å². The van der Waals surface area contributed by atoms with Crippen LogP contribution < -0.4 is 20.7 Å². The predicted octanol–water partition coefficient (Wildman–Crippen LogP) is 6.16. The van der Waals surface area contributed by atoms with Crippen LogP contribution in [0.2, 0.25) is 5.02 Å². The predicted molar refractivity (Wildman–Crippen MR) is 165 cm³/mol. The second kappa shape index (κ2) is 11.7. The van der Waals surface area contributed by atoms with Crippen molar-refractivity contribution in [1.29, 1.82) is 0 Å². The number of halogens is 1. The number of anilines is 4. The lowest BCUT2D eigenvalue weighted by atomic mass is 9.80. The Labute approximate surface area is 252 Å². The van der Waals surface area contributed by atoms with Crippen LogP contribution in [0, 0.1) is 6.92 Å². The summed E-state index contributed by atoms with van der Waals surface area (Å²) in [6.45, 7) is 5.41. The number of aromatic nitrogens is 4. The summed E-state index contributed by atoms with van der Waals surface area (Å²) >= 11 is 6.45. The fourth-order valence-electron chi connectivity index (χ4n) is 5.61. The zero-order valence-electron chi connectivity index (χ0n) is 24.7. The first-order chi connectivity index (χ1) is 20.1. The third-order valence-electron chi connectivity index (χ3n) is 8.33. The van der Waals surface area contributed by atoms with Gasteiger partial charge in [-0.15, -0.1) is 0 Å². The molecule has 3 aliphatic carbocycles. The second-order valence-electron chi connectivity index (χ2n) is 12.3. The summed E-state index contributed by atoms with van der Waals surface area (Å²) in [4.78, 5) is 8.99. The summed E-state index contributed by atoms with van der Waals surface area (Å²) in [5.74, 6) is 1.92. The molecular formula is C30H40ClN7O3S. The minimum absolute atomic E-state index is 0.0483. The fraction of sp³-hybridized carbons (Fsp3) is 0.567. The van der Waals surface area contributed by atoms with E-state index < -0.39 is 15.1 Å². The van der Waals surface area contributed by atoms with Crippen LogP contribution in [-0.2, 0) is 16.9 Å². The topological polar surface area (TPSA) is 123 Å². The minimum Gasteiger partial charge on any atom is -0.488 e. The van der Waals surface area contributed by atoms with Crippen LogP contribution in [0.25, 0.3) is 0 Å². The first kappa shape index (κ1) is 29.2. The maximum atomic E-state index is 12.9. The van der Waals surface area contributed by atoms with Crippen molar-refractivity contribution in [3.63, 3.8) is 0 Å². The van der Waals surface area contributed by atoms with Crippen molar-refractivity contribution in [2.75, 3.05) is 10.6 Å². The highest BCUT2D eigenvalue weighted by atomic mass is 35.5. The minimum atomic E-state index is -3.63. The van der Waals surface area contributed by atoms with Gasteiger partial charge in [-0.1, -0.05) is 11.6 Å². The van der Waals surface area contributed by atoms with E-state index in [2.05, 4.69) is 50.1 Å². The van der Waals surface area contributed by atoms with Crippen molar-refractivity contribution in [2.45, 2.75) is 107 Å². The van der Waals surface area contributed by atoms with Crippen LogP contribution in [0.15, 0.2) is 29.6 Å². The number of hydrogen-bond acceptors (Lipinski definition) is 9. The SMILES string of the molecule is Cc1cc(Nc2ncc(Cl)c(Nc3cn(C)nc3S(=O)(=O)C(C)C)n2)c(OC2CC2)cc1[C@H]1CC[C@H](NC2CC2)CC1. The maximum Gasteiger partial charge on any atom is 0.229 e. The molecule has 226 valence electrons. The molecule has 2 aromatic heterocycles. The first-order valence-corrected chi connectivity index (χ1v) is 16.9. The molecule has 3 N–H and O–H groups in total. The van der Waals surface area contributed by atoms with Gasteiger partial charge in [-0.2, -0.15) is 10.1 Å². The number of aryl methyl sites for hydroxylation is 2. The van der Waals surface area contributed by atoms with Crippen LogP contribution in [0.5, 0.6) is 5.75 Å². The van der Waals surface area contributed by atoms with Gasteiger partial charge in [0.25, 0.3) is 0 Å². The molecule has 0 aliphatic heterocycles. The summed E-state index contributed by atoms with van der Waals surface area (Å²) in [5.41, 5.74) is 3.67. The van der Waals surface area contributed by atoms with Crippen molar-refractivity contribution in [3.05, 3.63) is 40.7 Å². The largest absolute Gasteiger partial charge is 0.488 e. The number of hydrogen-bond donors (Lipinski definition) is 3. The third-order valence-corrected chi connectivity index (χ3v) is 10.7. The summed E-state index contributed by atoms with van der Waals surface area (Å²) in [7, 11) is -1.96. The van der Waals surface area contributed by atoms with E-state index in [9.17, 15) is 8.42 Å². The highest BCUT2D eigenvalue weighted by molar-refractivity contribution is 7.92. The Bertz CT molecular complexity index is 1560. The standard InChI is InChI=1S/C30H40ClN7O3S/c1-17(2)42(39,40)29-26(16-38(4)37-29)34-28-24(31)15-32-30(36-28)35-25-13-18(3)23(14-27(25)41-22-11-12-22)19-5-7-20(8-6-19)33-21-9-10-21/h13-17,19-22,33H,5-12H2,1-4H3,(H2,32,34,35,36)/t19-,20-. The van der Waals surface area contributed by atoms with Gasteiger partial charge in [0.05, 0.1) is 28.9 Å². The van der Waals surface area contributed by atoms with Crippen molar-refractivity contribution in [2.24, 2.45) is 7.05 Å². The van der Waals surface area contributed by atoms with E-state index in [-0.39, 0.29) is 22.0 Å². The Kier molecular flexibility index (Phi) is 8.10. The van der Waals surface area contributed by atoms with E-state index in [1.165, 1.54) is 60.5 Å². The highest BCUT2D eigenvalue weighted by Gasteiger charge is 2.31. The van der Waals surface area contributed by atoms with E-state index in [1.807, 2.05) is 0 Å². The van der Waals surface area contributed by atoms with Gasteiger partial charge in [-0.05, 0) is 101 Å². The molecule has 2 heterocycles. The summed E-state index contributed by atoms with van der Waals surface area (Å²) < 4.78 is 33.6. The van der Waals surface area contributed by atoms with Crippen molar-refractivity contribution >= 4 is 44.6 Å². The molecule has 0 atom stereocenters. The average molecular weight is 614 g/mol. The quantitative estimate of drug-likeness (QED) is 0.233. The summed E-state index contributed by atoms with van der Waals surface area (Å²) in [5, 5.41) is 14.0. The molecule has 1 aromatic carbocycles. The lowest BCUT2D eigenvalue weighted by Crippen LogP contribution is -2.34. The zero-order valence-corrected chi connectivity index (χ0v) is 26.2. The zero-order chi connectivity index (χ0) is 29.6. The van der Waals surface area contributed by atoms with Gasteiger partial charge in [-0.3, -0.25) is 4.68 Å². The summed E-state index contributed by atoms with van der Waals surface area (Å²) in [6.07, 6.45) is 12.9. The van der Waals surface area contributed by atoms with Crippen LogP contribution in [0.1, 0.15) is 82.3 Å². The molecule has 0 amide bonds. The molecule has 0 radical (unpaired) electrons. The number of benzene rings is 1. The Morgan fingerprint density at radius 1 is 1.00 bits per heavy atom. The molecule has 12 heteroatoms. The van der Waals surface area contributed by atoms with Crippen molar-refractivity contribution in [1.82, 2.24) is 25.1 Å². The second-order valence-corrected chi connectivity index (χ2v) is 15.1. The van der Waals surface area contributed by atoms with Crippen LogP contribution in [-0.4, -0.2) is 51.6 Å². The van der Waals surface area contributed by atoms with E-state index >= 15 is 0 Å². The maximum absolute atomic E-state index is 12.9. The molecule has 10 nitrogen and oxygen atoms in total. The Morgan fingerprint density at radius 2 is 1.69 bits per heavy atom. The normalized spacial score (nSPS) is 21.0. The van der Waals surface area contributed by atoms with Gasteiger partial charge in [0.15, 0.2) is 5.82 Å². The fourth-order valence-corrected chi connectivity index (χ4v) is 6.85. The Hall–Kier alpha value is -2.89. The monoisotopic (exact) mass is 613 g/mol. The van der Waals surface area contributed by atoms with E-state index in [0.29, 0.717) is 23.6 Å². The van der Waals surface area contributed by atoms with Gasteiger partial charge in [0.2, 0.25) is 20.8 Å². The van der Waals surface area contributed by atoms with Gasteiger partial charge in [0, 0.05) is 25.3 Å². The highest BCUT2D eigenvalue weighted by Crippen LogP contribution is 2.42. The molecule has 42 heavy (non-hydrogen) atoms. The number of rotatable bonds is 11. The molecule has 3 aromatic rings. The van der Waals surface area contributed by atoms with E-state index in [4.69, 9.17) is 16.3 Å². The lowest BCUT2D eigenvalue weighted by Gasteiger charge is -2.31. The van der Waals surface area contributed by atoms with Crippen LogP contribution >= 0.6 is 11.6 Å². The molecule has 6 rings (SSSR count). The van der Waals surface area contributed by atoms with Crippen LogP contribution in [0.3, 0.4) is 0 Å². The van der Waals surface area contributed by atoms with Gasteiger partial charge in [-0.25, -0.2) is 13.4 Å². The van der Waals surface area contributed by atoms with E-state index in [1.54, 1.807) is 27.1 Å². The molecule has 3 fully saturated rings. The molecule has 0 spiro atoms. The molecule has 3 saturated carbocycles. The van der Waals surface area contributed by atoms with Crippen molar-refractivity contribution < 1.29 is 13.2 Å². The Morgan fingerprint density at radius 3 is 2.33 bits per heavy atom. The third kappa shape index (κ3) is 6.53. The lowest BCUT2D eigenvalue weighted by molar-refractivity contribution is 0.303. The molecular weight excluding hydrogens is 574 g/mol. The van der Waals surface area contributed by atoms with Gasteiger partial charge < -0.3 is 20.7 Å². The number of nitrogens with zero attached hydrogens (tertiary/aromatic N) is 4. The van der Waals surface area contributed by atoms with Gasteiger partial charge >= 0.3 is 0 Å². The molecule has 0 bridgehead atoms. The molecule has 0 saturated heterocycles. The number of nitrogens with one attached hydrogen (secondary N) is 3. The average Bonchev–Trinajstić information content (AvgIpc) is 3.88. The molecule has 0 unspecified atom stereocenters. The van der Waals surface area contributed by atoms with Crippen molar-refractivity contribution in [3.8, 4) is 5.75 Å². The summed E-state index contributed by atoms with van der Waals surface area (Å²) in [6, 6.07) is 5.74. The first-order valence-electron chi connectivity index (χ1n) is 15.0. The smallest absolute Gasteiger partial charge is 0.229 e. The molecule has 3 aliphatic rings. The Balaban J connectivity index is 1.23. The van der Waals surface area contributed by atoms with E-state index in [0.717, 1.165) is 30.3 Å². The number of sulfone groups is 1.